The third kappa shape index (κ3) is 7.41. The van der Waals surface area contributed by atoms with Crippen molar-refractivity contribution < 1.29 is 18.7 Å². The minimum atomic E-state index is -0.612. The lowest BCUT2D eigenvalue weighted by molar-refractivity contribution is 0.0232. The molecule has 9 heteroatoms. The summed E-state index contributed by atoms with van der Waals surface area (Å²) in [6.45, 7) is 6.54. The molecule has 0 fully saturated rings. The maximum absolute atomic E-state index is 13.4. The van der Waals surface area contributed by atoms with Crippen molar-refractivity contribution in [3.05, 3.63) is 78.1 Å². The third-order valence-electron chi connectivity index (χ3n) is 4.53. The monoisotopic (exact) mass is 453 g/mol. The van der Waals surface area contributed by atoms with E-state index in [0.29, 0.717) is 31.7 Å². The summed E-state index contributed by atoms with van der Waals surface area (Å²) in [5.41, 5.74) is 1.02. The van der Waals surface area contributed by atoms with Gasteiger partial charge >= 0.3 is 6.09 Å². The zero-order valence-corrected chi connectivity index (χ0v) is 19.0. The maximum atomic E-state index is 13.4. The van der Waals surface area contributed by atoms with Crippen molar-refractivity contribution in [2.75, 3.05) is 13.1 Å². The van der Waals surface area contributed by atoms with Crippen molar-refractivity contribution in [1.82, 2.24) is 25.0 Å². The highest BCUT2D eigenvalue weighted by Gasteiger charge is 2.22. The van der Waals surface area contributed by atoms with Gasteiger partial charge in [0.2, 0.25) is 0 Å². The molecule has 3 rings (SSSR count). The molecule has 0 atom stereocenters. The SMILES string of the molecule is CC(C)(C)OC(=O)N(CCCNC(=O)c1ccn(-c2cccc(F)c2)n1)Cc1cccnc1. The molecule has 0 saturated carbocycles. The highest BCUT2D eigenvalue weighted by molar-refractivity contribution is 5.92. The summed E-state index contributed by atoms with van der Waals surface area (Å²) in [4.78, 5) is 30.7. The van der Waals surface area contributed by atoms with Crippen LogP contribution in [0.5, 0.6) is 0 Å². The van der Waals surface area contributed by atoms with Crippen LogP contribution in [0.1, 0.15) is 43.2 Å². The fourth-order valence-corrected chi connectivity index (χ4v) is 3.04. The van der Waals surface area contributed by atoms with Gasteiger partial charge < -0.3 is 15.0 Å². The van der Waals surface area contributed by atoms with Crippen LogP contribution in [0.15, 0.2) is 61.1 Å². The number of nitrogens with zero attached hydrogens (tertiary/aromatic N) is 4. The van der Waals surface area contributed by atoms with Gasteiger partial charge in [0.05, 0.1) is 12.2 Å². The zero-order valence-electron chi connectivity index (χ0n) is 19.0. The number of nitrogens with one attached hydrogen (secondary N) is 1. The lowest BCUT2D eigenvalue weighted by Crippen LogP contribution is -2.38. The summed E-state index contributed by atoms with van der Waals surface area (Å²) in [6, 6.07) is 11.2. The van der Waals surface area contributed by atoms with Crippen molar-refractivity contribution in [2.45, 2.75) is 39.3 Å². The molecule has 0 spiro atoms. The summed E-state index contributed by atoms with van der Waals surface area (Å²) < 4.78 is 20.4. The van der Waals surface area contributed by atoms with Crippen molar-refractivity contribution in [1.29, 1.82) is 0 Å². The van der Waals surface area contributed by atoms with E-state index in [-0.39, 0.29) is 17.4 Å². The average Bonchev–Trinajstić information content (AvgIpc) is 3.26. The number of rotatable bonds is 8. The molecule has 3 aromatic rings. The van der Waals surface area contributed by atoms with Gasteiger partial charge in [-0.3, -0.25) is 9.78 Å². The molecule has 0 bridgehead atoms. The number of aromatic nitrogens is 3. The van der Waals surface area contributed by atoms with E-state index in [1.807, 2.05) is 32.9 Å². The smallest absolute Gasteiger partial charge is 0.410 e. The standard InChI is InChI=1S/C24H28FN5O3/c1-24(2,3)33-23(32)29(17-18-7-5-11-26-16-18)13-6-12-27-22(31)21-10-14-30(28-21)20-9-4-8-19(25)15-20/h4-5,7-11,14-16H,6,12-13,17H2,1-3H3,(H,27,31). The van der Waals surface area contributed by atoms with Crippen LogP contribution < -0.4 is 5.32 Å². The first-order valence-electron chi connectivity index (χ1n) is 10.7. The fourth-order valence-electron chi connectivity index (χ4n) is 3.04. The van der Waals surface area contributed by atoms with E-state index < -0.39 is 11.7 Å². The first-order chi connectivity index (χ1) is 15.7. The van der Waals surface area contributed by atoms with Crippen LogP contribution in [0, 0.1) is 5.82 Å². The number of amides is 2. The molecule has 1 N–H and O–H groups in total. The molecule has 0 radical (unpaired) electrons. The van der Waals surface area contributed by atoms with Crippen LogP contribution in [-0.2, 0) is 11.3 Å². The van der Waals surface area contributed by atoms with E-state index in [0.717, 1.165) is 5.56 Å². The second kappa shape index (κ2) is 10.7. The predicted molar refractivity (Wildman–Crippen MR) is 121 cm³/mol. The number of ether oxygens (including phenoxy) is 1. The van der Waals surface area contributed by atoms with Gasteiger partial charge in [-0.05, 0) is 63.1 Å². The fraction of sp³-hybridized carbons (Fsp3) is 0.333. The molecular formula is C24H28FN5O3. The van der Waals surface area contributed by atoms with Crippen LogP contribution in [0.25, 0.3) is 5.69 Å². The Morgan fingerprint density at radius 3 is 2.70 bits per heavy atom. The first-order valence-corrected chi connectivity index (χ1v) is 10.7. The van der Waals surface area contributed by atoms with Crippen LogP contribution in [-0.4, -0.2) is 50.4 Å². The molecule has 0 unspecified atom stereocenters. The van der Waals surface area contributed by atoms with Crippen molar-refractivity contribution in [3.8, 4) is 5.69 Å². The zero-order chi connectivity index (χ0) is 23.8. The van der Waals surface area contributed by atoms with Crippen LogP contribution >= 0.6 is 0 Å². The molecule has 0 aliphatic heterocycles. The molecule has 2 heterocycles. The molecule has 33 heavy (non-hydrogen) atoms. The summed E-state index contributed by atoms with van der Waals surface area (Å²) in [6.07, 6.45) is 5.07. The largest absolute Gasteiger partial charge is 0.444 e. The second-order valence-electron chi connectivity index (χ2n) is 8.50. The number of hydrogen-bond donors (Lipinski definition) is 1. The van der Waals surface area contributed by atoms with E-state index in [1.165, 1.54) is 16.8 Å². The van der Waals surface area contributed by atoms with Crippen molar-refractivity contribution in [2.24, 2.45) is 0 Å². The molecule has 2 aromatic heterocycles. The van der Waals surface area contributed by atoms with Gasteiger partial charge in [0.15, 0.2) is 5.69 Å². The number of benzene rings is 1. The third-order valence-corrected chi connectivity index (χ3v) is 4.53. The van der Waals surface area contributed by atoms with E-state index in [1.54, 1.807) is 41.7 Å². The number of carbonyl (C=O) groups excluding carboxylic acids is 2. The topological polar surface area (TPSA) is 89.4 Å². The second-order valence-corrected chi connectivity index (χ2v) is 8.50. The molecule has 2 amide bonds. The highest BCUT2D eigenvalue weighted by Crippen LogP contribution is 2.13. The van der Waals surface area contributed by atoms with E-state index in [9.17, 15) is 14.0 Å². The lowest BCUT2D eigenvalue weighted by Gasteiger charge is -2.27. The van der Waals surface area contributed by atoms with Gasteiger partial charge in [-0.2, -0.15) is 5.10 Å². The van der Waals surface area contributed by atoms with Crippen molar-refractivity contribution in [3.63, 3.8) is 0 Å². The van der Waals surface area contributed by atoms with Gasteiger partial charge in [-0.1, -0.05) is 12.1 Å². The van der Waals surface area contributed by atoms with E-state index in [4.69, 9.17) is 4.74 Å². The summed E-state index contributed by atoms with van der Waals surface area (Å²) in [7, 11) is 0. The predicted octanol–water partition coefficient (Wildman–Crippen LogP) is 3.96. The number of carbonyl (C=O) groups is 2. The highest BCUT2D eigenvalue weighted by atomic mass is 19.1. The van der Waals surface area contributed by atoms with Crippen LogP contribution in [0.3, 0.4) is 0 Å². The summed E-state index contributed by atoms with van der Waals surface area (Å²) in [5.74, 6) is -0.726. The van der Waals surface area contributed by atoms with Gasteiger partial charge in [0, 0.05) is 31.7 Å². The molecule has 8 nitrogen and oxygen atoms in total. The summed E-state index contributed by atoms with van der Waals surface area (Å²) in [5, 5.41) is 7.01. The minimum Gasteiger partial charge on any atom is -0.444 e. The molecule has 174 valence electrons. The van der Waals surface area contributed by atoms with Gasteiger partial charge in [-0.25, -0.2) is 13.9 Å². The molecule has 0 saturated heterocycles. The van der Waals surface area contributed by atoms with Gasteiger partial charge in [-0.15, -0.1) is 0 Å². The molecule has 0 aliphatic carbocycles. The van der Waals surface area contributed by atoms with Gasteiger partial charge in [0.25, 0.3) is 5.91 Å². The molecular weight excluding hydrogens is 425 g/mol. The Bertz CT molecular complexity index is 1080. The number of halogens is 1. The summed E-state index contributed by atoms with van der Waals surface area (Å²) >= 11 is 0. The van der Waals surface area contributed by atoms with Crippen molar-refractivity contribution >= 4 is 12.0 Å². The van der Waals surface area contributed by atoms with E-state index >= 15 is 0 Å². The Balaban J connectivity index is 1.54. The quantitative estimate of drug-likeness (QED) is 0.522. The maximum Gasteiger partial charge on any atom is 0.410 e. The molecule has 1 aromatic carbocycles. The van der Waals surface area contributed by atoms with Crippen LogP contribution in [0.4, 0.5) is 9.18 Å². The Hall–Kier alpha value is -3.75. The van der Waals surface area contributed by atoms with Gasteiger partial charge in [0.1, 0.15) is 11.4 Å². The van der Waals surface area contributed by atoms with E-state index in [2.05, 4.69) is 15.4 Å². The molecule has 0 aliphatic rings. The minimum absolute atomic E-state index is 0.221. The Labute approximate surface area is 192 Å². The normalized spacial score (nSPS) is 11.2. The first kappa shape index (κ1) is 23.9. The van der Waals surface area contributed by atoms with Crippen LogP contribution in [0.2, 0.25) is 0 Å². The average molecular weight is 454 g/mol. The lowest BCUT2D eigenvalue weighted by atomic mass is 10.2. The Kier molecular flexibility index (Phi) is 7.76. The number of hydrogen-bond acceptors (Lipinski definition) is 5. The number of pyridine rings is 1. The Morgan fingerprint density at radius 2 is 2.00 bits per heavy atom. The Morgan fingerprint density at radius 1 is 1.18 bits per heavy atom.